The van der Waals surface area contributed by atoms with Crippen LogP contribution in [0, 0.1) is 0 Å². The summed E-state index contributed by atoms with van der Waals surface area (Å²) >= 11 is 4.67. The zero-order valence-corrected chi connectivity index (χ0v) is 8.24. The Hall–Kier alpha value is 0.230. The van der Waals surface area contributed by atoms with Crippen LogP contribution in [0.2, 0.25) is 0 Å². The number of amides is 2. The fourth-order valence-corrected chi connectivity index (χ4v) is 1.02. The Morgan fingerprint density at radius 1 is 1.60 bits per heavy atom. The summed E-state index contributed by atoms with van der Waals surface area (Å²) in [6.45, 7) is 0. The van der Waals surface area contributed by atoms with Crippen molar-refractivity contribution in [2.75, 3.05) is 7.05 Å². The molecule has 0 aliphatic carbocycles. The third-order valence-electron chi connectivity index (χ3n) is 1.34. The molecular formula is C5H6AuNO2S. The Labute approximate surface area is 80.1 Å². The van der Waals surface area contributed by atoms with Gasteiger partial charge in [0, 0.05) is 13.5 Å². The minimum absolute atomic E-state index is 0. The Morgan fingerprint density at radius 3 is 2.20 bits per heavy atom. The quantitative estimate of drug-likeness (QED) is 0.332. The van der Waals surface area contributed by atoms with Crippen LogP contribution in [0.15, 0.2) is 0 Å². The molecule has 2 amide bonds. The second kappa shape index (κ2) is 3.57. The fraction of sp³-hybridized carbons (Fsp3) is 0.600. The van der Waals surface area contributed by atoms with Gasteiger partial charge in [-0.3, -0.25) is 14.5 Å². The smallest absolute Gasteiger partial charge is 0.779 e. The Kier molecular flexibility index (Phi) is 3.65. The van der Waals surface area contributed by atoms with E-state index >= 15 is 0 Å². The van der Waals surface area contributed by atoms with E-state index in [4.69, 9.17) is 0 Å². The maximum Gasteiger partial charge on any atom is 1.00 e. The molecule has 10 heavy (non-hydrogen) atoms. The third kappa shape index (κ3) is 1.63. The van der Waals surface area contributed by atoms with Crippen molar-refractivity contribution < 1.29 is 32.0 Å². The first-order valence-electron chi connectivity index (χ1n) is 2.59. The number of imide groups is 1. The van der Waals surface area contributed by atoms with E-state index in [1.165, 1.54) is 7.05 Å². The van der Waals surface area contributed by atoms with Gasteiger partial charge in [-0.2, -0.15) is 0 Å². The minimum Gasteiger partial charge on any atom is -0.779 e. The SMILES string of the molecule is CN1C(=O)CC([S-])C1=O.[Au+]. The van der Waals surface area contributed by atoms with E-state index in [0.717, 1.165) is 4.90 Å². The summed E-state index contributed by atoms with van der Waals surface area (Å²) in [5.41, 5.74) is 0. The van der Waals surface area contributed by atoms with Crippen LogP contribution < -0.4 is 0 Å². The molecule has 1 saturated heterocycles. The molecule has 0 radical (unpaired) electrons. The molecule has 1 rings (SSSR count). The number of likely N-dealkylation sites (tertiary alicyclic amines) is 1. The molecule has 3 nitrogen and oxygen atoms in total. The zero-order valence-electron chi connectivity index (χ0n) is 5.26. The predicted molar refractivity (Wildman–Crippen MR) is 33.5 cm³/mol. The number of carbonyl (C=O) groups is 2. The van der Waals surface area contributed by atoms with Gasteiger partial charge in [0.05, 0.1) is 0 Å². The molecule has 0 aromatic heterocycles. The van der Waals surface area contributed by atoms with Crippen LogP contribution in [-0.4, -0.2) is 29.0 Å². The minimum atomic E-state index is -0.512. The van der Waals surface area contributed by atoms with Crippen LogP contribution in [0.25, 0.3) is 0 Å². The number of rotatable bonds is 0. The molecule has 1 heterocycles. The fourth-order valence-electron chi connectivity index (χ4n) is 0.722. The van der Waals surface area contributed by atoms with Crippen molar-refractivity contribution in [3.8, 4) is 0 Å². The summed E-state index contributed by atoms with van der Waals surface area (Å²) in [5.74, 6) is -0.407. The van der Waals surface area contributed by atoms with E-state index in [-0.39, 0.29) is 40.6 Å². The molecule has 5 heteroatoms. The van der Waals surface area contributed by atoms with Crippen molar-refractivity contribution in [1.82, 2.24) is 4.90 Å². The molecular weight excluding hydrogens is 335 g/mol. The normalized spacial score (nSPS) is 25.0. The monoisotopic (exact) mass is 341 g/mol. The molecule has 0 bridgehead atoms. The summed E-state index contributed by atoms with van der Waals surface area (Å²) in [5, 5.41) is -0.512. The van der Waals surface area contributed by atoms with E-state index in [2.05, 4.69) is 12.6 Å². The van der Waals surface area contributed by atoms with Crippen molar-refractivity contribution in [2.45, 2.75) is 11.7 Å². The summed E-state index contributed by atoms with van der Waals surface area (Å²) in [4.78, 5) is 22.4. The van der Waals surface area contributed by atoms with E-state index in [0.29, 0.717) is 0 Å². The van der Waals surface area contributed by atoms with Gasteiger partial charge in [-0.15, -0.1) is 0 Å². The molecule has 1 aliphatic heterocycles. The molecule has 0 N–H and O–H groups in total. The van der Waals surface area contributed by atoms with Gasteiger partial charge < -0.3 is 12.6 Å². The second-order valence-corrected chi connectivity index (χ2v) is 2.55. The van der Waals surface area contributed by atoms with Gasteiger partial charge in [-0.25, -0.2) is 0 Å². The molecule has 1 unspecified atom stereocenters. The molecule has 0 spiro atoms. The molecule has 0 aromatic rings. The molecule has 60 valence electrons. The summed E-state index contributed by atoms with van der Waals surface area (Å²) in [7, 11) is 1.46. The number of hydrogen-bond acceptors (Lipinski definition) is 3. The van der Waals surface area contributed by atoms with Gasteiger partial charge in [0.25, 0.3) is 0 Å². The van der Waals surface area contributed by atoms with E-state index in [1.54, 1.807) is 0 Å². The maximum atomic E-state index is 10.7. The molecule has 1 atom stereocenters. The molecule has 1 aliphatic rings. The van der Waals surface area contributed by atoms with Crippen molar-refractivity contribution >= 4 is 24.4 Å². The number of carbonyl (C=O) groups excluding carboxylic acids is 2. The van der Waals surface area contributed by atoms with Crippen molar-refractivity contribution in [3.05, 3.63) is 0 Å². The van der Waals surface area contributed by atoms with Crippen LogP contribution in [0.1, 0.15) is 6.42 Å². The van der Waals surface area contributed by atoms with E-state index < -0.39 is 5.25 Å². The average molecular weight is 341 g/mol. The average Bonchev–Trinajstić information content (AvgIpc) is 1.98. The van der Waals surface area contributed by atoms with Crippen molar-refractivity contribution in [3.63, 3.8) is 0 Å². The number of hydrogen-bond donors (Lipinski definition) is 0. The van der Waals surface area contributed by atoms with Gasteiger partial charge in [0.2, 0.25) is 11.8 Å². The molecule has 0 aromatic carbocycles. The standard InChI is InChI=1S/C5H7NO2S.Au/c1-6-4(7)2-3(9)5(6)8;/h3,9H,2H2,1H3;/q;+1/p-1. The summed E-state index contributed by atoms with van der Waals surface area (Å²) < 4.78 is 0. The first kappa shape index (κ1) is 10.2. The van der Waals surface area contributed by atoms with Gasteiger partial charge in [-0.05, 0) is 0 Å². The second-order valence-electron chi connectivity index (χ2n) is 1.98. The molecule has 0 saturated carbocycles. The van der Waals surface area contributed by atoms with Gasteiger partial charge in [-0.1, -0.05) is 5.25 Å². The van der Waals surface area contributed by atoms with Crippen LogP contribution in [0.4, 0.5) is 0 Å². The van der Waals surface area contributed by atoms with Gasteiger partial charge in [0.15, 0.2) is 0 Å². The maximum absolute atomic E-state index is 10.7. The van der Waals surface area contributed by atoms with Crippen LogP contribution in [-0.2, 0) is 44.6 Å². The number of nitrogens with zero attached hydrogens (tertiary/aromatic N) is 1. The Bertz CT molecular complexity index is 173. The van der Waals surface area contributed by atoms with Crippen LogP contribution in [0.5, 0.6) is 0 Å². The predicted octanol–water partition coefficient (Wildman–Crippen LogP) is -0.712. The largest absolute Gasteiger partial charge is 1.00 e. The van der Waals surface area contributed by atoms with Crippen LogP contribution in [0.3, 0.4) is 0 Å². The Balaban J connectivity index is 0.000000810. The van der Waals surface area contributed by atoms with Crippen LogP contribution >= 0.6 is 0 Å². The first-order chi connectivity index (χ1) is 4.13. The Morgan fingerprint density at radius 2 is 2.10 bits per heavy atom. The van der Waals surface area contributed by atoms with Gasteiger partial charge in [0.1, 0.15) is 0 Å². The molecule has 1 fully saturated rings. The van der Waals surface area contributed by atoms with Crippen molar-refractivity contribution in [2.24, 2.45) is 0 Å². The summed E-state index contributed by atoms with van der Waals surface area (Å²) in [6.07, 6.45) is 0.199. The van der Waals surface area contributed by atoms with Gasteiger partial charge >= 0.3 is 22.4 Å². The third-order valence-corrected chi connectivity index (χ3v) is 1.71. The van der Waals surface area contributed by atoms with Crippen molar-refractivity contribution in [1.29, 1.82) is 0 Å². The van der Waals surface area contributed by atoms with E-state index in [9.17, 15) is 9.59 Å². The first-order valence-corrected chi connectivity index (χ1v) is 3.06. The van der Waals surface area contributed by atoms with E-state index in [1.807, 2.05) is 0 Å². The zero-order chi connectivity index (χ0) is 7.02. The summed E-state index contributed by atoms with van der Waals surface area (Å²) in [6, 6.07) is 0. The topological polar surface area (TPSA) is 37.4 Å².